The van der Waals surface area contributed by atoms with E-state index in [4.69, 9.17) is 5.73 Å². The van der Waals surface area contributed by atoms with Gasteiger partial charge in [0.05, 0.1) is 11.4 Å². The van der Waals surface area contributed by atoms with Crippen molar-refractivity contribution in [1.29, 1.82) is 0 Å². The van der Waals surface area contributed by atoms with Gasteiger partial charge in [0.1, 0.15) is 11.6 Å². The molecule has 2 N–H and O–H groups in total. The summed E-state index contributed by atoms with van der Waals surface area (Å²) in [6.07, 6.45) is 0. The third-order valence-corrected chi connectivity index (χ3v) is 2.59. The van der Waals surface area contributed by atoms with Crippen LogP contribution < -0.4 is 10.6 Å². The number of anilines is 3. The predicted molar refractivity (Wildman–Crippen MR) is 65.3 cm³/mol. The Kier molecular flexibility index (Phi) is 2.95. The van der Waals surface area contributed by atoms with Gasteiger partial charge < -0.3 is 10.6 Å². The molecule has 2 rings (SSSR count). The van der Waals surface area contributed by atoms with Crippen molar-refractivity contribution in [2.45, 2.75) is 0 Å². The average Bonchev–Trinajstić information content (AvgIpc) is 2.32. The highest BCUT2D eigenvalue weighted by Crippen LogP contribution is 2.30. The van der Waals surface area contributed by atoms with Crippen LogP contribution in [-0.2, 0) is 0 Å². The van der Waals surface area contributed by atoms with Gasteiger partial charge in [-0.3, -0.25) is 0 Å². The normalized spacial score (nSPS) is 10.3. The van der Waals surface area contributed by atoms with Crippen LogP contribution in [0.25, 0.3) is 0 Å². The largest absolute Gasteiger partial charge is 0.395 e. The van der Waals surface area contributed by atoms with E-state index in [0.717, 1.165) is 0 Å². The van der Waals surface area contributed by atoms with Gasteiger partial charge >= 0.3 is 0 Å². The Labute approximate surface area is 98.3 Å². The molecule has 0 heterocycles. The quantitative estimate of drug-likeness (QED) is 0.808. The lowest BCUT2D eigenvalue weighted by Gasteiger charge is -2.21. The standard InChI is InChI=1S/C13H12F2N2/c1-17(10-5-2-4-9(14)8-10)12-7-3-6-11(15)13(12)16/h2-8H,16H2,1H3. The second-order valence-corrected chi connectivity index (χ2v) is 3.71. The maximum Gasteiger partial charge on any atom is 0.148 e. The molecule has 0 atom stereocenters. The van der Waals surface area contributed by atoms with Gasteiger partial charge in [-0.05, 0) is 30.3 Å². The van der Waals surface area contributed by atoms with Crippen LogP contribution in [0.5, 0.6) is 0 Å². The summed E-state index contributed by atoms with van der Waals surface area (Å²) < 4.78 is 26.4. The van der Waals surface area contributed by atoms with E-state index in [-0.39, 0.29) is 11.5 Å². The Morgan fingerprint density at radius 1 is 1.06 bits per heavy atom. The molecule has 17 heavy (non-hydrogen) atoms. The number of hydrogen-bond acceptors (Lipinski definition) is 2. The van der Waals surface area contributed by atoms with E-state index in [2.05, 4.69) is 0 Å². The summed E-state index contributed by atoms with van der Waals surface area (Å²) in [5, 5.41) is 0. The molecular weight excluding hydrogens is 222 g/mol. The van der Waals surface area contributed by atoms with Gasteiger partial charge in [-0.2, -0.15) is 0 Å². The summed E-state index contributed by atoms with van der Waals surface area (Å²) in [7, 11) is 1.71. The van der Waals surface area contributed by atoms with Gasteiger partial charge in [-0.25, -0.2) is 8.78 Å². The van der Waals surface area contributed by atoms with Gasteiger partial charge in [-0.15, -0.1) is 0 Å². The Balaban J connectivity index is 2.44. The average molecular weight is 234 g/mol. The lowest BCUT2D eigenvalue weighted by atomic mass is 10.2. The summed E-state index contributed by atoms with van der Waals surface area (Å²) in [6, 6.07) is 10.6. The molecule has 2 aromatic carbocycles. The van der Waals surface area contributed by atoms with E-state index in [0.29, 0.717) is 11.4 Å². The van der Waals surface area contributed by atoms with Crippen LogP contribution in [-0.4, -0.2) is 7.05 Å². The Morgan fingerprint density at radius 2 is 1.76 bits per heavy atom. The number of nitrogens with two attached hydrogens (primary N) is 1. The molecule has 4 heteroatoms. The van der Waals surface area contributed by atoms with Crippen LogP contribution in [0.15, 0.2) is 42.5 Å². The highest BCUT2D eigenvalue weighted by molar-refractivity contribution is 5.74. The fourth-order valence-electron chi connectivity index (χ4n) is 1.64. The molecule has 0 unspecified atom stereocenters. The topological polar surface area (TPSA) is 29.3 Å². The minimum absolute atomic E-state index is 0.0549. The van der Waals surface area contributed by atoms with E-state index < -0.39 is 5.82 Å². The molecule has 0 saturated carbocycles. The van der Waals surface area contributed by atoms with Crippen molar-refractivity contribution >= 4 is 17.1 Å². The predicted octanol–water partition coefficient (Wildman–Crippen LogP) is 3.31. The van der Waals surface area contributed by atoms with Crippen molar-refractivity contribution < 1.29 is 8.78 Å². The van der Waals surface area contributed by atoms with Gasteiger partial charge in [0.15, 0.2) is 0 Å². The van der Waals surface area contributed by atoms with Crippen LogP contribution in [0.3, 0.4) is 0 Å². The maximum atomic E-state index is 13.3. The molecule has 0 aromatic heterocycles. The van der Waals surface area contributed by atoms with Crippen molar-refractivity contribution in [1.82, 2.24) is 0 Å². The Bertz CT molecular complexity index is 541. The SMILES string of the molecule is CN(c1cccc(F)c1)c1cccc(F)c1N. The number of para-hydroxylation sites is 1. The second-order valence-electron chi connectivity index (χ2n) is 3.71. The molecule has 0 aliphatic rings. The zero-order valence-electron chi connectivity index (χ0n) is 9.32. The first-order chi connectivity index (χ1) is 8.09. The molecule has 0 aliphatic carbocycles. The Morgan fingerprint density at radius 3 is 2.47 bits per heavy atom. The van der Waals surface area contributed by atoms with Gasteiger partial charge in [0.2, 0.25) is 0 Å². The zero-order chi connectivity index (χ0) is 12.4. The van der Waals surface area contributed by atoms with E-state index in [9.17, 15) is 8.78 Å². The van der Waals surface area contributed by atoms with Gasteiger partial charge in [0.25, 0.3) is 0 Å². The monoisotopic (exact) mass is 234 g/mol. The lowest BCUT2D eigenvalue weighted by Crippen LogP contribution is -2.12. The number of benzene rings is 2. The minimum Gasteiger partial charge on any atom is -0.395 e. The summed E-state index contributed by atoms with van der Waals surface area (Å²) in [5.41, 5.74) is 6.83. The number of hydrogen-bond donors (Lipinski definition) is 1. The summed E-state index contributed by atoms with van der Waals surface area (Å²) in [6.45, 7) is 0. The maximum absolute atomic E-state index is 13.3. The summed E-state index contributed by atoms with van der Waals surface area (Å²) >= 11 is 0. The van der Waals surface area contributed by atoms with Gasteiger partial charge in [-0.1, -0.05) is 12.1 Å². The third-order valence-electron chi connectivity index (χ3n) is 2.59. The minimum atomic E-state index is -0.481. The number of nitrogen functional groups attached to an aromatic ring is 1. The van der Waals surface area contributed by atoms with Crippen molar-refractivity contribution in [3.8, 4) is 0 Å². The molecule has 0 radical (unpaired) electrons. The van der Waals surface area contributed by atoms with E-state index in [1.54, 1.807) is 36.2 Å². The molecule has 0 saturated heterocycles. The molecule has 0 aliphatic heterocycles. The third kappa shape index (κ3) is 2.20. The highest BCUT2D eigenvalue weighted by atomic mass is 19.1. The van der Waals surface area contributed by atoms with E-state index >= 15 is 0 Å². The van der Waals surface area contributed by atoms with E-state index in [1.165, 1.54) is 18.2 Å². The van der Waals surface area contributed by atoms with Crippen LogP contribution in [0.4, 0.5) is 25.8 Å². The molecule has 2 aromatic rings. The molecule has 2 nitrogen and oxygen atoms in total. The van der Waals surface area contributed by atoms with Crippen LogP contribution in [0, 0.1) is 11.6 Å². The number of rotatable bonds is 2. The summed E-state index contributed by atoms with van der Waals surface area (Å²) in [5.74, 6) is -0.824. The molecular formula is C13H12F2N2. The first-order valence-electron chi connectivity index (χ1n) is 5.13. The van der Waals surface area contributed by atoms with Crippen LogP contribution in [0.2, 0.25) is 0 Å². The molecule has 0 fully saturated rings. The van der Waals surface area contributed by atoms with E-state index in [1.807, 2.05) is 0 Å². The smallest absolute Gasteiger partial charge is 0.148 e. The summed E-state index contributed by atoms with van der Waals surface area (Å²) in [4.78, 5) is 1.64. The molecule has 0 amide bonds. The van der Waals surface area contributed by atoms with Gasteiger partial charge in [0, 0.05) is 12.7 Å². The van der Waals surface area contributed by atoms with Crippen LogP contribution >= 0.6 is 0 Å². The second kappa shape index (κ2) is 4.41. The highest BCUT2D eigenvalue weighted by Gasteiger charge is 2.10. The first-order valence-corrected chi connectivity index (χ1v) is 5.13. The van der Waals surface area contributed by atoms with Crippen LogP contribution in [0.1, 0.15) is 0 Å². The Hall–Kier alpha value is -2.10. The first kappa shape index (κ1) is 11.4. The van der Waals surface area contributed by atoms with Crippen molar-refractivity contribution in [2.24, 2.45) is 0 Å². The number of nitrogens with zero attached hydrogens (tertiary/aromatic N) is 1. The van der Waals surface area contributed by atoms with Crippen molar-refractivity contribution in [2.75, 3.05) is 17.7 Å². The molecule has 88 valence electrons. The van der Waals surface area contributed by atoms with Crippen molar-refractivity contribution in [3.05, 3.63) is 54.1 Å². The van der Waals surface area contributed by atoms with Crippen molar-refractivity contribution in [3.63, 3.8) is 0 Å². The molecule has 0 spiro atoms. The number of halogens is 2. The fraction of sp³-hybridized carbons (Fsp3) is 0.0769. The lowest BCUT2D eigenvalue weighted by molar-refractivity contribution is 0.627. The molecule has 0 bridgehead atoms. The fourth-order valence-corrected chi connectivity index (χ4v) is 1.64. The zero-order valence-corrected chi connectivity index (χ0v) is 9.32.